The smallest absolute Gasteiger partial charge is 0.244 e. The number of aromatic amines is 1. The van der Waals surface area contributed by atoms with Gasteiger partial charge in [-0.15, -0.1) is 0 Å². The summed E-state index contributed by atoms with van der Waals surface area (Å²) in [4.78, 5) is 0.204. The molecule has 7 heteroatoms. The van der Waals surface area contributed by atoms with E-state index in [0.29, 0.717) is 5.69 Å². The van der Waals surface area contributed by atoms with Crippen LogP contribution in [0.3, 0.4) is 0 Å². The molecule has 5 nitrogen and oxygen atoms in total. The molecule has 0 aromatic carbocycles. The molecule has 0 spiro atoms. The maximum absolute atomic E-state index is 12.0. The molecule has 1 atom stereocenters. The third kappa shape index (κ3) is 2.83. The lowest BCUT2D eigenvalue weighted by Gasteiger charge is -2.28. The van der Waals surface area contributed by atoms with E-state index in [1.807, 2.05) is 20.8 Å². The van der Waals surface area contributed by atoms with Gasteiger partial charge in [0.1, 0.15) is 4.90 Å². The minimum Gasteiger partial charge on any atom is -0.281 e. The maximum Gasteiger partial charge on any atom is 0.244 e. The second-order valence-electron chi connectivity index (χ2n) is 4.30. The van der Waals surface area contributed by atoms with Gasteiger partial charge in [-0.05, 0) is 20.8 Å². The highest BCUT2D eigenvalue weighted by Gasteiger charge is 2.31. The molecule has 1 rings (SSSR count). The van der Waals surface area contributed by atoms with E-state index in [1.165, 1.54) is 6.20 Å². The Morgan fingerprint density at radius 3 is 2.50 bits per heavy atom. The number of rotatable bonds is 4. The van der Waals surface area contributed by atoms with Crippen molar-refractivity contribution >= 4 is 26.0 Å². The first-order chi connectivity index (χ1) is 7.17. The second-order valence-corrected chi connectivity index (χ2v) is 7.33. The van der Waals surface area contributed by atoms with Crippen LogP contribution in [0.5, 0.6) is 0 Å². The van der Waals surface area contributed by atoms with E-state index in [0.717, 1.165) is 0 Å². The first-order valence-corrected chi connectivity index (χ1v) is 7.25. The minimum atomic E-state index is -3.52. The minimum absolute atomic E-state index is 0.0157. The Balaban J connectivity index is 3.03. The fourth-order valence-corrected chi connectivity index (χ4v) is 2.98. The van der Waals surface area contributed by atoms with Crippen LogP contribution in [0.4, 0.5) is 0 Å². The van der Waals surface area contributed by atoms with Crippen LogP contribution in [-0.4, -0.2) is 29.0 Å². The van der Waals surface area contributed by atoms with Gasteiger partial charge in [-0.2, -0.15) is 5.10 Å². The van der Waals surface area contributed by atoms with Crippen LogP contribution >= 0.6 is 15.9 Å². The first kappa shape index (κ1) is 13.7. The Morgan fingerprint density at radius 2 is 2.12 bits per heavy atom. The molecule has 1 unspecified atom stereocenters. The molecular formula is C9H16BrN3O2S. The molecule has 1 aromatic heterocycles. The normalized spacial score (nSPS) is 15.1. The monoisotopic (exact) mass is 309 g/mol. The highest BCUT2D eigenvalue weighted by molar-refractivity contribution is 9.09. The maximum atomic E-state index is 12.0. The summed E-state index contributed by atoms with van der Waals surface area (Å²) in [6.07, 6.45) is 1.31. The van der Waals surface area contributed by atoms with Gasteiger partial charge < -0.3 is 0 Å². The van der Waals surface area contributed by atoms with Gasteiger partial charge in [0, 0.05) is 10.4 Å². The number of aromatic nitrogens is 2. The van der Waals surface area contributed by atoms with Crippen molar-refractivity contribution < 1.29 is 8.42 Å². The van der Waals surface area contributed by atoms with E-state index in [2.05, 4.69) is 30.8 Å². The van der Waals surface area contributed by atoms with Crippen molar-refractivity contribution in [2.45, 2.75) is 43.0 Å². The van der Waals surface area contributed by atoms with Crippen LogP contribution in [-0.2, 0) is 10.0 Å². The fourth-order valence-electron chi connectivity index (χ4n) is 1.09. The van der Waals surface area contributed by atoms with E-state index < -0.39 is 15.6 Å². The van der Waals surface area contributed by atoms with Crippen molar-refractivity contribution in [1.82, 2.24) is 14.9 Å². The summed E-state index contributed by atoms with van der Waals surface area (Å²) in [6, 6.07) is 0. The number of sulfonamides is 1. The number of alkyl halides is 1. The fraction of sp³-hybridized carbons (Fsp3) is 0.667. The van der Waals surface area contributed by atoms with Crippen LogP contribution in [0.1, 0.15) is 26.5 Å². The Bertz CT molecular complexity index is 465. The lowest BCUT2D eigenvalue weighted by molar-refractivity contribution is 0.453. The molecule has 0 fully saturated rings. The van der Waals surface area contributed by atoms with Crippen LogP contribution in [0.15, 0.2) is 11.1 Å². The van der Waals surface area contributed by atoms with Crippen LogP contribution < -0.4 is 4.72 Å². The number of halogens is 1. The Kier molecular flexibility index (Phi) is 3.81. The van der Waals surface area contributed by atoms with E-state index in [4.69, 9.17) is 0 Å². The number of hydrogen-bond acceptors (Lipinski definition) is 3. The summed E-state index contributed by atoms with van der Waals surface area (Å²) in [6.45, 7) is 7.20. The molecule has 1 aromatic rings. The Labute approximate surface area is 104 Å². The highest BCUT2D eigenvalue weighted by atomic mass is 79.9. The summed E-state index contributed by atoms with van der Waals surface area (Å²) < 4.78 is 26.7. The zero-order chi connectivity index (χ0) is 12.6. The van der Waals surface area contributed by atoms with Crippen molar-refractivity contribution in [3.8, 4) is 0 Å². The van der Waals surface area contributed by atoms with Gasteiger partial charge in [0.2, 0.25) is 10.0 Å². The van der Waals surface area contributed by atoms with Crippen LogP contribution in [0, 0.1) is 6.92 Å². The van der Waals surface area contributed by atoms with Crippen LogP contribution in [0.2, 0.25) is 0 Å². The van der Waals surface area contributed by atoms with Gasteiger partial charge in [-0.25, -0.2) is 13.1 Å². The van der Waals surface area contributed by atoms with Gasteiger partial charge in [-0.3, -0.25) is 5.10 Å². The summed E-state index contributed by atoms with van der Waals surface area (Å²) in [5.41, 5.74) is -0.0340. The van der Waals surface area contributed by atoms with Crippen molar-refractivity contribution in [2.24, 2.45) is 0 Å². The topological polar surface area (TPSA) is 74.8 Å². The van der Waals surface area contributed by atoms with E-state index >= 15 is 0 Å². The first-order valence-electron chi connectivity index (χ1n) is 4.85. The summed E-state index contributed by atoms with van der Waals surface area (Å²) >= 11 is 3.38. The molecule has 0 amide bonds. The summed E-state index contributed by atoms with van der Waals surface area (Å²) in [7, 11) is -3.52. The van der Waals surface area contributed by atoms with E-state index in [9.17, 15) is 8.42 Å². The summed E-state index contributed by atoms with van der Waals surface area (Å²) in [5.74, 6) is 0. The van der Waals surface area contributed by atoms with Crippen molar-refractivity contribution in [3.63, 3.8) is 0 Å². The van der Waals surface area contributed by atoms with Crippen molar-refractivity contribution in [1.29, 1.82) is 0 Å². The highest BCUT2D eigenvalue weighted by Crippen LogP contribution is 2.21. The largest absolute Gasteiger partial charge is 0.281 e. The van der Waals surface area contributed by atoms with Gasteiger partial charge >= 0.3 is 0 Å². The predicted molar refractivity (Wildman–Crippen MR) is 66.1 cm³/mol. The number of aryl methyl sites for hydroxylation is 1. The molecule has 16 heavy (non-hydrogen) atoms. The standard InChI is InChI=1S/C9H16BrN3O2S/c1-6-8(5-11-12-6)16(14,15)13-9(3,4)7(2)10/h5,7,13H,1-4H3,(H,11,12). The number of nitrogens with one attached hydrogen (secondary N) is 2. The van der Waals surface area contributed by atoms with Gasteiger partial charge in [-0.1, -0.05) is 22.9 Å². The molecule has 0 aliphatic heterocycles. The van der Waals surface area contributed by atoms with Gasteiger partial charge in [0.05, 0.1) is 11.9 Å². The van der Waals surface area contributed by atoms with E-state index in [1.54, 1.807) is 6.92 Å². The molecule has 0 bridgehead atoms. The molecule has 0 aliphatic rings. The summed E-state index contributed by atoms with van der Waals surface area (Å²) in [5, 5.41) is 6.32. The second kappa shape index (κ2) is 4.46. The van der Waals surface area contributed by atoms with Crippen molar-refractivity contribution in [2.75, 3.05) is 0 Å². The molecule has 1 heterocycles. The number of nitrogens with zero attached hydrogens (tertiary/aromatic N) is 1. The zero-order valence-corrected chi connectivity index (χ0v) is 12.1. The predicted octanol–water partition coefficient (Wildman–Crippen LogP) is 1.56. The lowest BCUT2D eigenvalue weighted by Crippen LogP contribution is -2.48. The third-order valence-electron chi connectivity index (χ3n) is 2.47. The zero-order valence-electron chi connectivity index (χ0n) is 9.70. The number of H-pyrrole nitrogens is 1. The molecule has 0 saturated carbocycles. The molecule has 2 N–H and O–H groups in total. The average molecular weight is 310 g/mol. The molecule has 0 aliphatic carbocycles. The SMILES string of the molecule is Cc1[nH]ncc1S(=O)(=O)NC(C)(C)C(C)Br. The van der Waals surface area contributed by atoms with Gasteiger partial charge in [0.25, 0.3) is 0 Å². The van der Waals surface area contributed by atoms with Crippen molar-refractivity contribution in [3.05, 3.63) is 11.9 Å². The molecule has 0 saturated heterocycles. The molecular weight excluding hydrogens is 294 g/mol. The van der Waals surface area contributed by atoms with Crippen LogP contribution in [0.25, 0.3) is 0 Å². The van der Waals surface area contributed by atoms with E-state index in [-0.39, 0.29) is 9.72 Å². The Hall–Kier alpha value is -0.400. The Morgan fingerprint density at radius 1 is 1.56 bits per heavy atom. The number of hydrogen-bond donors (Lipinski definition) is 2. The lowest BCUT2D eigenvalue weighted by atomic mass is 10.0. The molecule has 0 radical (unpaired) electrons. The molecule has 92 valence electrons. The van der Waals surface area contributed by atoms with Gasteiger partial charge in [0.15, 0.2) is 0 Å². The quantitative estimate of drug-likeness (QED) is 0.829. The average Bonchev–Trinajstić information content (AvgIpc) is 2.49. The third-order valence-corrected chi connectivity index (χ3v) is 5.40.